The number of nitrogens with two attached hydrogens (primary N) is 1. The third-order valence-corrected chi connectivity index (χ3v) is 4.94. The first kappa shape index (κ1) is 14.6. The van der Waals surface area contributed by atoms with E-state index in [1.54, 1.807) is 0 Å². The molecule has 3 rings (SSSR count). The van der Waals surface area contributed by atoms with Gasteiger partial charge in [0.25, 0.3) is 0 Å². The van der Waals surface area contributed by atoms with Crippen LogP contribution >= 0.6 is 0 Å². The minimum Gasteiger partial charge on any atom is -0.329 e. The zero-order chi connectivity index (χ0) is 14.7. The van der Waals surface area contributed by atoms with Crippen LogP contribution in [0.3, 0.4) is 0 Å². The summed E-state index contributed by atoms with van der Waals surface area (Å²) < 4.78 is 0. The molecule has 1 saturated carbocycles. The molecular formula is C19H26N2. The summed E-state index contributed by atoms with van der Waals surface area (Å²) in [6.07, 6.45) is 5.40. The van der Waals surface area contributed by atoms with Crippen LogP contribution in [0.15, 0.2) is 42.5 Å². The molecular weight excluding hydrogens is 256 g/mol. The SMILES string of the molecule is CCN(C1CCCC1)C(CN)c1ccc2ccccc2c1. The van der Waals surface area contributed by atoms with E-state index in [0.717, 1.165) is 12.6 Å². The van der Waals surface area contributed by atoms with Crippen LogP contribution < -0.4 is 5.73 Å². The Hall–Kier alpha value is -1.38. The van der Waals surface area contributed by atoms with Crippen LogP contribution in [-0.2, 0) is 0 Å². The highest BCUT2D eigenvalue weighted by Gasteiger charge is 2.27. The van der Waals surface area contributed by atoms with E-state index in [2.05, 4.69) is 54.3 Å². The van der Waals surface area contributed by atoms with E-state index in [4.69, 9.17) is 5.73 Å². The third-order valence-electron chi connectivity index (χ3n) is 4.94. The second-order valence-corrected chi connectivity index (χ2v) is 6.13. The molecule has 0 saturated heterocycles. The lowest BCUT2D eigenvalue weighted by molar-refractivity contribution is 0.147. The number of benzene rings is 2. The maximum absolute atomic E-state index is 6.15. The number of nitrogens with zero attached hydrogens (tertiary/aromatic N) is 1. The number of fused-ring (bicyclic) bond motifs is 1. The number of hydrogen-bond acceptors (Lipinski definition) is 2. The lowest BCUT2D eigenvalue weighted by Gasteiger charge is -2.35. The van der Waals surface area contributed by atoms with Crippen LogP contribution in [-0.4, -0.2) is 24.0 Å². The Morgan fingerprint density at radius 2 is 1.81 bits per heavy atom. The monoisotopic (exact) mass is 282 g/mol. The minimum absolute atomic E-state index is 0.350. The fraction of sp³-hybridized carbons (Fsp3) is 0.474. The Kier molecular flexibility index (Phi) is 4.57. The van der Waals surface area contributed by atoms with Gasteiger partial charge in [-0.25, -0.2) is 0 Å². The minimum atomic E-state index is 0.350. The van der Waals surface area contributed by atoms with E-state index in [-0.39, 0.29) is 0 Å². The van der Waals surface area contributed by atoms with Crippen molar-refractivity contribution in [3.63, 3.8) is 0 Å². The molecule has 1 aliphatic rings. The summed E-state index contributed by atoms with van der Waals surface area (Å²) in [6.45, 7) is 4.05. The zero-order valence-corrected chi connectivity index (χ0v) is 13.0. The summed E-state index contributed by atoms with van der Waals surface area (Å²) in [6, 6.07) is 16.5. The molecule has 2 heteroatoms. The largest absolute Gasteiger partial charge is 0.329 e. The molecule has 0 amide bonds. The summed E-state index contributed by atoms with van der Waals surface area (Å²) in [5.74, 6) is 0. The van der Waals surface area contributed by atoms with Crippen LogP contribution in [0.4, 0.5) is 0 Å². The summed E-state index contributed by atoms with van der Waals surface area (Å²) in [4.78, 5) is 2.62. The molecule has 1 unspecified atom stereocenters. The molecule has 0 radical (unpaired) electrons. The van der Waals surface area contributed by atoms with Crippen LogP contribution in [0.25, 0.3) is 10.8 Å². The summed E-state index contributed by atoms with van der Waals surface area (Å²) in [5.41, 5.74) is 7.52. The molecule has 0 aromatic heterocycles. The quantitative estimate of drug-likeness (QED) is 0.894. The van der Waals surface area contributed by atoms with Crippen molar-refractivity contribution in [2.45, 2.75) is 44.7 Å². The second kappa shape index (κ2) is 6.59. The first-order valence-electron chi connectivity index (χ1n) is 8.28. The van der Waals surface area contributed by atoms with E-state index in [9.17, 15) is 0 Å². The lowest BCUT2D eigenvalue weighted by atomic mass is 9.99. The Morgan fingerprint density at radius 1 is 1.10 bits per heavy atom. The van der Waals surface area contributed by atoms with E-state index in [0.29, 0.717) is 12.6 Å². The van der Waals surface area contributed by atoms with Gasteiger partial charge in [0.15, 0.2) is 0 Å². The van der Waals surface area contributed by atoms with Gasteiger partial charge in [-0.05, 0) is 41.8 Å². The average Bonchev–Trinajstić information content (AvgIpc) is 3.06. The summed E-state index contributed by atoms with van der Waals surface area (Å²) in [5, 5.41) is 2.62. The standard InChI is InChI=1S/C19H26N2/c1-2-21(18-9-5-6-10-18)19(14-20)17-12-11-15-7-3-4-8-16(15)13-17/h3-4,7-8,11-13,18-19H,2,5-6,9-10,14,20H2,1H3. The molecule has 0 spiro atoms. The van der Waals surface area contributed by atoms with Crippen LogP contribution in [0, 0.1) is 0 Å². The van der Waals surface area contributed by atoms with Gasteiger partial charge in [-0.3, -0.25) is 4.90 Å². The molecule has 112 valence electrons. The Labute approximate surface area is 127 Å². The van der Waals surface area contributed by atoms with Gasteiger partial charge in [0.2, 0.25) is 0 Å². The topological polar surface area (TPSA) is 29.3 Å². The Morgan fingerprint density at radius 3 is 2.48 bits per heavy atom. The fourth-order valence-corrected chi connectivity index (χ4v) is 3.85. The van der Waals surface area contributed by atoms with Crippen molar-refractivity contribution in [1.29, 1.82) is 0 Å². The zero-order valence-electron chi connectivity index (χ0n) is 13.0. The van der Waals surface area contributed by atoms with Crippen LogP contribution in [0.1, 0.15) is 44.2 Å². The van der Waals surface area contributed by atoms with Crippen molar-refractivity contribution in [2.75, 3.05) is 13.1 Å². The van der Waals surface area contributed by atoms with Gasteiger partial charge in [-0.1, -0.05) is 56.2 Å². The van der Waals surface area contributed by atoms with Gasteiger partial charge in [0.05, 0.1) is 0 Å². The molecule has 2 N–H and O–H groups in total. The molecule has 2 aromatic rings. The average molecular weight is 282 g/mol. The number of likely N-dealkylation sites (N-methyl/N-ethyl adjacent to an activating group) is 1. The summed E-state index contributed by atoms with van der Waals surface area (Å²) >= 11 is 0. The second-order valence-electron chi connectivity index (χ2n) is 6.13. The van der Waals surface area contributed by atoms with Gasteiger partial charge in [0, 0.05) is 18.6 Å². The van der Waals surface area contributed by atoms with Crippen molar-refractivity contribution in [3.8, 4) is 0 Å². The van der Waals surface area contributed by atoms with Crippen LogP contribution in [0.2, 0.25) is 0 Å². The highest BCUT2D eigenvalue weighted by atomic mass is 15.2. The number of hydrogen-bond donors (Lipinski definition) is 1. The van der Waals surface area contributed by atoms with Crippen LogP contribution in [0.5, 0.6) is 0 Å². The van der Waals surface area contributed by atoms with E-state index < -0.39 is 0 Å². The Bertz CT molecular complexity index is 587. The van der Waals surface area contributed by atoms with Gasteiger partial charge in [-0.15, -0.1) is 0 Å². The van der Waals surface area contributed by atoms with E-state index in [1.807, 2.05) is 0 Å². The normalized spacial score (nSPS) is 17.7. The van der Waals surface area contributed by atoms with Crippen molar-refractivity contribution in [1.82, 2.24) is 4.90 Å². The maximum Gasteiger partial charge on any atom is 0.0473 e. The predicted molar refractivity (Wildman–Crippen MR) is 90.4 cm³/mol. The molecule has 2 nitrogen and oxygen atoms in total. The van der Waals surface area contributed by atoms with Gasteiger partial charge in [-0.2, -0.15) is 0 Å². The molecule has 1 fully saturated rings. The smallest absolute Gasteiger partial charge is 0.0473 e. The fourth-order valence-electron chi connectivity index (χ4n) is 3.85. The van der Waals surface area contributed by atoms with Gasteiger partial charge >= 0.3 is 0 Å². The van der Waals surface area contributed by atoms with Crippen molar-refractivity contribution in [3.05, 3.63) is 48.0 Å². The molecule has 0 aliphatic heterocycles. The van der Waals surface area contributed by atoms with Crippen molar-refractivity contribution in [2.24, 2.45) is 5.73 Å². The molecule has 1 aliphatic carbocycles. The first-order chi connectivity index (χ1) is 10.3. The van der Waals surface area contributed by atoms with Crippen molar-refractivity contribution >= 4 is 10.8 Å². The van der Waals surface area contributed by atoms with Gasteiger partial charge in [0.1, 0.15) is 0 Å². The third kappa shape index (κ3) is 2.97. The molecule has 0 bridgehead atoms. The first-order valence-corrected chi connectivity index (χ1v) is 8.28. The molecule has 2 aromatic carbocycles. The highest BCUT2D eigenvalue weighted by Crippen LogP contribution is 2.31. The molecule has 1 atom stereocenters. The predicted octanol–water partition coefficient (Wildman–Crippen LogP) is 4.10. The summed E-state index contributed by atoms with van der Waals surface area (Å²) in [7, 11) is 0. The molecule has 0 heterocycles. The maximum atomic E-state index is 6.15. The van der Waals surface area contributed by atoms with Crippen molar-refractivity contribution < 1.29 is 0 Å². The lowest BCUT2D eigenvalue weighted by Crippen LogP contribution is -2.40. The number of rotatable bonds is 5. The van der Waals surface area contributed by atoms with E-state index in [1.165, 1.54) is 42.0 Å². The highest BCUT2D eigenvalue weighted by molar-refractivity contribution is 5.83. The van der Waals surface area contributed by atoms with Gasteiger partial charge < -0.3 is 5.73 Å². The Balaban J connectivity index is 1.92. The molecule has 21 heavy (non-hydrogen) atoms. The van der Waals surface area contributed by atoms with E-state index >= 15 is 0 Å².